The Kier molecular flexibility index (Phi) is 3.48. The van der Waals surface area contributed by atoms with Crippen molar-refractivity contribution in [1.29, 1.82) is 5.26 Å². The van der Waals surface area contributed by atoms with E-state index in [4.69, 9.17) is 11.0 Å². The van der Waals surface area contributed by atoms with Gasteiger partial charge < -0.3 is 10.6 Å². The smallest absolute Gasteiger partial charge is 0.151 e. The van der Waals surface area contributed by atoms with Crippen molar-refractivity contribution in [3.05, 3.63) is 17.8 Å². The minimum absolute atomic E-state index is 0.523. The highest BCUT2D eigenvalue weighted by atomic mass is 15.2. The van der Waals surface area contributed by atoms with Gasteiger partial charge in [-0.2, -0.15) is 5.26 Å². The molecule has 1 unspecified atom stereocenters. The van der Waals surface area contributed by atoms with E-state index in [1.165, 1.54) is 19.3 Å². The fraction of sp³-hybridized carbons (Fsp3) is 0.538. The van der Waals surface area contributed by atoms with Crippen molar-refractivity contribution < 1.29 is 0 Å². The molecule has 0 aromatic carbocycles. The van der Waals surface area contributed by atoms with Crippen LogP contribution in [0, 0.1) is 17.2 Å². The van der Waals surface area contributed by atoms with Crippen LogP contribution in [-0.4, -0.2) is 18.1 Å². The van der Waals surface area contributed by atoms with Gasteiger partial charge in [-0.05, 0) is 24.8 Å². The van der Waals surface area contributed by atoms with Gasteiger partial charge in [0.2, 0.25) is 0 Å². The molecule has 90 valence electrons. The number of nitriles is 1. The van der Waals surface area contributed by atoms with E-state index in [2.05, 4.69) is 22.9 Å². The van der Waals surface area contributed by atoms with Gasteiger partial charge in [-0.3, -0.25) is 0 Å². The molecule has 4 heteroatoms. The SMILES string of the molecule is CCC1CCCN(c2ncc(C#N)cc2N)C1. The Balaban J connectivity index is 2.19. The predicted octanol–water partition coefficient (Wildman–Crippen LogP) is 2.16. The molecule has 17 heavy (non-hydrogen) atoms. The minimum Gasteiger partial charge on any atom is -0.396 e. The molecular formula is C13H18N4. The maximum Gasteiger partial charge on any atom is 0.151 e. The Hall–Kier alpha value is -1.76. The summed E-state index contributed by atoms with van der Waals surface area (Å²) in [5.41, 5.74) is 7.09. The molecule has 1 aromatic rings. The average molecular weight is 230 g/mol. The van der Waals surface area contributed by atoms with Crippen LogP contribution in [0.1, 0.15) is 31.7 Å². The number of piperidine rings is 1. The lowest BCUT2D eigenvalue weighted by atomic mass is 9.95. The van der Waals surface area contributed by atoms with Gasteiger partial charge in [0.1, 0.15) is 6.07 Å². The molecule has 0 aliphatic carbocycles. The summed E-state index contributed by atoms with van der Waals surface area (Å²) in [7, 11) is 0. The fourth-order valence-corrected chi connectivity index (χ4v) is 2.39. The summed E-state index contributed by atoms with van der Waals surface area (Å²) in [6.45, 7) is 4.27. The molecule has 1 aromatic heterocycles. The Morgan fingerprint density at radius 3 is 3.12 bits per heavy atom. The lowest BCUT2D eigenvalue weighted by molar-refractivity contribution is 0.403. The van der Waals surface area contributed by atoms with E-state index in [0.717, 1.165) is 24.8 Å². The maximum atomic E-state index is 8.78. The number of nitrogen functional groups attached to an aromatic ring is 1. The number of nitrogens with zero attached hydrogens (tertiary/aromatic N) is 3. The summed E-state index contributed by atoms with van der Waals surface area (Å²) in [6, 6.07) is 3.76. The molecule has 1 aliphatic rings. The van der Waals surface area contributed by atoms with Crippen LogP contribution >= 0.6 is 0 Å². The largest absolute Gasteiger partial charge is 0.396 e. The second kappa shape index (κ2) is 5.05. The quantitative estimate of drug-likeness (QED) is 0.845. The minimum atomic E-state index is 0.523. The second-order valence-electron chi connectivity index (χ2n) is 4.61. The summed E-state index contributed by atoms with van der Waals surface area (Å²) in [6.07, 6.45) is 5.29. The van der Waals surface area contributed by atoms with Gasteiger partial charge in [-0.25, -0.2) is 4.98 Å². The third kappa shape index (κ3) is 2.50. The number of rotatable bonds is 2. The molecule has 2 rings (SSSR count). The molecule has 1 aliphatic heterocycles. The number of aromatic nitrogens is 1. The average Bonchev–Trinajstić information content (AvgIpc) is 2.38. The molecule has 1 atom stereocenters. The van der Waals surface area contributed by atoms with Crippen LogP contribution in [0.5, 0.6) is 0 Å². The van der Waals surface area contributed by atoms with E-state index in [0.29, 0.717) is 11.3 Å². The lowest BCUT2D eigenvalue weighted by Crippen LogP contribution is -2.36. The zero-order valence-corrected chi connectivity index (χ0v) is 10.2. The number of anilines is 2. The summed E-state index contributed by atoms with van der Waals surface area (Å²) >= 11 is 0. The van der Waals surface area contributed by atoms with E-state index in [1.54, 1.807) is 12.3 Å². The zero-order valence-electron chi connectivity index (χ0n) is 10.2. The Labute approximate surface area is 102 Å². The van der Waals surface area contributed by atoms with E-state index >= 15 is 0 Å². The van der Waals surface area contributed by atoms with Crippen molar-refractivity contribution >= 4 is 11.5 Å². The molecule has 0 saturated carbocycles. The third-order valence-electron chi connectivity index (χ3n) is 3.42. The zero-order chi connectivity index (χ0) is 12.3. The highest BCUT2D eigenvalue weighted by molar-refractivity contribution is 5.64. The maximum absolute atomic E-state index is 8.78. The summed E-state index contributed by atoms with van der Waals surface area (Å²) < 4.78 is 0. The van der Waals surface area contributed by atoms with Crippen molar-refractivity contribution in [2.45, 2.75) is 26.2 Å². The van der Waals surface area contributed by atoms with Gasteiger partial charge in [0.05, 0.1) is 11.3 Å². The first-order chi connectivity index (χ1) is 8.24. The Morgan fingerprint density at radius 2 is 2.47 bits per heavy atom. The van der Waals surface area contributed by atoms with Gasteiger partial charge in [0, 0.05) is 19.3 Å². The van der Waals surface area contributed by atoms with Gasteiger partial charge in [0.25, 0.3) is 0 Å². The highest BCUT2D eigenvalue weighted by Crippen LogP contribution is 2.27. The summed E-state index contributed by atoms with van der Waals surface area (Å²) in [4.78, 5) is 6.56. The number of pyridine rings is 1. The van der Waals surface area contributed by atoms with E-state index in [1.807, 2.05) is 0 Å². The van der Waals surface area contributed by atoms with E-state index < -0.39 is 0 Å². The van der Waals surface area contributed by atoms with Gasteiger partial charge in [-0.1, -0.05) is 13.3 Å². The van der Waals surface area contributed by atoms with Crippen LogP contribution < -0.4 is 10.6 Å². The lowest BCUT2D eigenvalue weighted by Gasteiger charge is -2.33. The van der Waals surface area contributed by atoms with Crippen molar-refractivity contribution in [2.75, 3.05) is 23.7 Å². The second-order valence-corrected chi connectivity index (χ2v) is 4.61. The van der Waals surface area contributed by atoms with Crippen LogP contribution in [0.25, 0.3) is 0 Å². The molecule has 2 heterocycles. The fourth-order valence-electron chi connectivity index (χ4n) is 2.39. The molecule has 4 nitrogen and oxygen atoms in total. The van der Waals surface area contributed by atoms with Crippen LogP contribution in [0.15, 0.2) is 12.3 Å². The third-order valence-corrected chi connectivity index (χ3v) is 3.42. The number of hydrogen-bond donors (Lipinski definition) is 1. The first-order valence-electron chi connectivity index (χ1n) is 6.15. The Bertz CT molecular complexity index is 436. The van der Waals surface area contributed by atoms with Gasteiger partial charge in [0.15, 0.2) is 5.82 Å². The van der Waals surface area contributed by atoms with Crippen LogP contribution in [0.4, 0.5) is 11.5 Å². The van der Waals surface area contributed by atoms with Gasteiger partial charge >= 0.3 is 0 Å². The van der Waals surface area contributed by atoms with Crippen molar-refractivity contribution in [1.82, 2.24) is 4.98 Å². The van der Waals surface area contributed by atoms with Crippen molar-refractivity contribution in [3.63, 3.8) is 0 Å². The molecule has 2 N–H and O–H groups in total. The standard InChI is InChI=1S/C13H18N4/c1-2-10-4-3-5-17(9-10)13-12(15)6-11(7-14)8-16-13/h6,8,10H,2-5,9,15H2,1H3. The van der Waals surface area contributed by atoms with Crippen LogP contribution in [-0.2, 0) is 0 Å². The number of nitrogens with two attached hydrogens (primary N) is 1. The van der Waals surface area contributed by atoms with Crippen LogP contribution in [0.3, 0.4) is 0 Å². The molecule has 1 saturated heterocycles. The summed E-state index contributed by atoms with van der Waals surface area (Å²) in [5.74, 6) is 1.57. The summed E-state index contributed by atoms with van der Waals surface area (Å²) in [5, 5.41) is 8.78. The predicted molar refractivity (Wildman–Crippen MR) is 68.6 cm³/mol. The molecule has 0 radical (unpaired) electrons. The molecule has 1 fully saturated rings. The topological polar surface area (TPSA) is 65.9 Å². The first-order valence-corrected chi connectivity index (χ1v) is 6.15. The molecule has 0 spiro atoms. The molecule has 0 amide bonds. The normalized spacial score (nSPS) is 20.0. The molecular weight excluding hydrogens is 212 g/mol. The van der Waals surface area contributed by atoms with E-state index in [9.17, 15) is 0 Å². The number of hydrogen-bond acceptors (Lipinski definition) is 4. The van der Waals surface area contributed by atoms with Crippen LogP contribution in [0.2, 0.25) is 0 Å². The van der Waals surface area contributed by atoms with E-state index in [-0.39, 0.29) is 0 Å². The first kappa shape index (κ1) is 11.7. The van der Waals surface area contributed by atoms with Crippen molar-refractivity contribution in [3.8, 4) is 6.07 Å². The Morgan fingerprint density at radius 1 is 1.65 bits per heavy atom. The van der Waals surface area contributed by atoms with Gasteiger partial charge in [-0.15, -0.1) is 0 Å². The van der Waals surface area contributed by atoms with Crippen molar-refractivity contribution in [2.24, 2.45) is 5.92 Å². The highest BCUT2D eigenvalue weighted by Gasteiger charge is 2.21. The molecule has 0 bridgehead atoms. The monoisotopic (exact) mass is 230 g/mol.